The molecule has 0 amide bonds. The van der Waals surface area contributed by atoms with Crippen molar-refractivity contribution in [1.82, 2.24) is 4.90 Å². The van der Waals surface area contributed by atoms with Crippen LogP contribution in [-0.2, 0) is 19.7 Å². The van der Waals surface area contributed by atoms with Crippen molar-refractivity contribution in [3.05, 3.63) is 41.1 Å². The molecule has 3 heterocycles. The van der Waals surface area contributed by atoms with Gasteiger partial charge in [0.2, 0.25) is 0 Å². The third kappa shape index (κ3) is 1.80. The van der Waals surface area contributed by atoms with Crippen molar-refractivity contribution in [2.45, 2.75) is 37.3 Å². The van der Waals surface area contributed by atoms with Crippen LogP contribution in [0.3, 0.4) is 0 Å². The predicted molar refractivity (Wildman–Crippen MR) is 98.8 cm³/mol. The Morgan fingerprint density at radius 3 is 2.88 bits per heavy atom. The van der Waals surface area contributed by atoms with E-state index in [4.69, 9.17) is 9.47 Å². The lowest BCUT2D eigenvalue weighted by atomic mass is 9.57. The molecule has 3 aliphatic heterocycles. The fraction of sp³-hybridized carbons (Fsp3) is 0.571. The molecule has 2 saturated heterocycles. The second-order valence-corrected chi connectivity index (χ2v) is 8.07. The van der Waals surface area contributed by atoms with Gasteiger partial charge in [0.25, 0.3) is 0 Å². The zero-order valence-electron chi connectivity index (χ0n) is 15.6. The molecule has 4 aliphatic rings. The van der Waals surface area contributed by atoms with Crippen LogP contribution >= 0.6 is 0 Å². The smallest absolute Gasteiger partial charge is 0.335 e. The predicted octanol–water partition coefficient (Wildman–Crippen LogP) is 2.54. The van der Waals surface area contributed by atoms with Crippen LogP contribution in [0.25, 0.3) is 0 Å². The van der Waals surface area contributed by atoms with Gasteiger partial charge >= 0.3 is 5.97 Å². The van der Waals surface area contributed by atoms with Crippen molar-refractivity contribution in [3.8, 4) is 0 Å². The number of rotatable bonds is 3. The number of fused-ring (bicyclic) bond motifs is 2. The molecule has 1 unspecified atom stereocenters. The van der Waals surface area contributed by atoms with Gasteiger partial charge in [0.05, 0.1) is 24.2 Å². The lowest BCUT2D eigenvalue weighted by Gasteiger charge is -2.54. The maximum absolute atomic E-state index is 12.9. The third-order valence-electron chi connectivity index (χ3n) is 7.32. The van der Waals surface area contributed by atoms with E-state index in [2.05, 4.69) is 41.4 Å². The summed E-state index contributed by atoms with van der Waals surface area (Å²) in [6.45, 7) is 4.26. The molecule has 1 aliphatic carbocycles. The van der Waals surface area contributed by atoms with Crippen LogP contribution in [0.15, 0.2) is 35.5 Å². The normalized spacial score (nSPS) is 35.6. The third-order valence-corrected chi connectivity index (χ3v) is 7.32. The highest BCUT2D eigenvalue weighted by Gasteiger charge is 2.65. The zero-order valence-corrected chi connectivity index (χ0v) is 15.6. The first-order chi connectivity index (χ1) is 12.6. The molecular formula is C21H26N2O3. The second-order valence-electron chi connectivity index (χ2n) is 8.07. The van der Waals surface area contributed by atoms with Crippen molar-refractivity contribution in [2.24, 2.45) is 11.8 Å². The number of hydrogen-bond acceptors (Lipinski definition) is 5. The van der Waals surface area contributed by atoms with Gasteiger partial charge in [-0.1, -0.05) is 18.2 Å². The van der Waals surface area contributed by atoms with E-state index < -0.39 is 0 Å². The van der Waals surface area contributed by atoms with E-state index in [1.165, 1.54) is 12.7 Å². The van der Waals surface area contributed by atoms with Gasteiger partial charge in [-0.05, 0) is 44.5 Å². The van der Waals surface area contributed by atoms with E-state index in [0.29, 0.717) is 12.0 Å². The Kier molecular flexibility index (Phi) is 3.50. The van der Waals surface area contributed by atoms with Crippen LogP contribution in [0.2, 0.25) is 0 Å². The quantitative estimate of drug-likeness (QED) is 0.846. The second kappa shape index (κ2) is 5.57. The van der Waals surface area contributed by atoms with Crippen LogP contribution in [0.1, 0.15) is 25.3 Å². The molecule has 2 bridgehead atoms. The number of hydrogen-bond donors (Lipinski definition) is 1. The van der Waals surface area contributed by atoms with Gasteiger partial charge in [-0.2, -0.15) is 0 Å². The van der Waals surface area contributed by atoms with Gasteiger partial charge in [0, 0.05) is 36.4 Å². The Balaban J connectivity index is 1.81. The maximum atomic E-state index is 12.9. The summed E-state index contributed by atoms with van der Waals surface area (Å²) in [5, 5.41) is 3.64. The van der Waals surface area contributed by atoms with Crippen molar-refractivity contribution in [3.63, 3.8) is 0 Å². The van der Waals surface area contributed by atoms with Gasteiger partial charge in [-0.3, -0.25) is 4.90 Å². The Morgan fingerprint density at radius 1 is 1.31 bits per heavy atom. The number of ether oxygens (including phenoxy) is 2. The molecule has 138 valence electrons. The summed E-state index contributed by atoms with van der Waals surface area (Å²) in [5.74, 6) is 0.292. The number of para-hydroxylation sites is 1. The standard InChI is InChI=1S/C21H26N2O3/c1-12(25-2)16-13-8-10-23-11-9-21(19(16)23)14-6-4-5-7-15(14)22-18(21)17(13)20(24)26-3/h4-7,12-13,16,19,22H,8-11H2,1-3H3/t12-,13+,16?,19-,21-/m1/s1. The largest absolute Gasteiger partial charge is 0.466 e. The Hall–Kier alpha value is -1.85. The Labute approximate surface area is 154 Å². The Bertz CT molecular complexity index is 804. The fourth-order valence-electron chi connectivity index (χ4n) is 6.32. The lowest BCUT2D eigenvalue weighted by molar-refractivity contribution is -0.138. The first-order valence-electron chi connectivity index (χ1n) is 9.59. The molecule has 1 N–H and O–H groups in total. The molecule has 1 aromatic carbocycles. The van der Waals surface area contributed by atoms with E-state index in [1.54, 1.807) is 7.11 Å². The van der Waals surface area contributed by atoms with Gasteiger partial charge in [0.1, 0.15) is 0 Å². The zero-order chi connectivity index (χ0) is 18.1. The highest BCUT2D eigenvalue weighted by Crippen LogP contribution is 2.62. The molecule has 5 nitrogen and oxygen atoms in total. The average Bonchev–Trinajstić information content (AvgIpc) is 3.23. The van der Waals surface area contributed by atoms with Crippen LogP contribution in [-0.4, -0.2) is 50.3 Å². The summed E-state index contributed by atoms with van der Waals surface area (Å²) < 4.78 is 11.1. The summed E-state index contributed by atoms with van der Waals surface area (Å²) >= 11 is 0. The Morgan fingerprint density at radius 2 is 2.12 bits per heavy atom. The minimum Gasteiger partial charge on any atom is -0.466 e. The number of carbonyl (C=O) groups is 1. The number of piperidine rings is 1. The number of nitrogens with zero attached hydrogens (tertiary/aromatic N) is 1. The van der Waals surface area contributed by atoms with Crippen LogP contribution in [0, 0.1) is 11.8 Å². The van der Waals surface area contributed by atoms with Gasteiger partial charge in [0.15, 0.2) is 0 Å². The molecule has 2 fully saturated rings. The summed E-state index contributed by atoms with van der Waals surface area (Å²) in [6, 6.07) is 8.91. The molecule has 26 heavy (non-hydrogen) atoms. The molecule has 5 heteroatoms. The van der Waals surface area contributed by atoms with Crippen molar-refractivity contribution in [2.75, 3.05) is 32.6 Å². The molecule has 5 rings (SSSR count). The van der Waals surface area contributed by atoms with Crippen molar-refractivity contribution >= 4 is 11.7 Å². The monoisotopic (exact) mass is 354 g/mol. The van der Waals surface area contributed by atoms with Gasteiger partial charge in [-0.15, -0.1) is 0 Å². The summed E-state index contributed by atoms with van der Waals surface area (Å²) in [5.41, 5.74) is 4.28. The molecule has 1 aromatic rings. The number of nitrogens with one attached hydrogen (secondary N) is 1. The van der Waals surface area contributed by atoms with Gasteiger partial charge in [-0.25, -0.2) is 4.79 Å². The first-order valence-corrected chi connectivity index (χ1v) is 9.59. The van der Waals surface area contributed by atoms with Crippen LogP contribution in [0.5, 0.6) is 0 Å². The van der Waals surface area contributed by atoms with E-state index in [0.717, 1.165) is 42.9 Å². The highest BCUT2D eigenvalue weighted by molar-refractivity contribution is 5.93. The molecular weight excluding hydrogens is 328 g/mol. The van der Waals surface area contributed by atoms with E-state index in [-0.39, 0.29) is 23.4 Å². The first kappa shape index (κ1) is 16.3. The van der Waals surface area contributed by atoms with E-state index >= 15 is 0 Å². The maximum Gasteiger partial charge on any atom is 0.335 e. The summed E-state index contributed by atoms with van der Waals surface area (Å²) in [7, 11) is 3.28. The van der Waals surface area contributed by atoms with E-state index in [9.17, 15) is 4.79 Å². The fourth-order valence-corrected chi connectivity index (χ4v) is 6.32. The van der Waals surface area contributed by atoms with Crippen molar-refractivity contribution < 1.29 is 14.3 Å². The molecule has 0 saturated carbocycles. The molecule has 5 atom stereocenters. The molecule has 0 aromatic heterocycles. The van der Waals surface area contributed by atoms with Gasteiger partial charge < -0.3 is 14.8 Å². The minimum atomic E-state index is -0.184. The average molecular weight is 354 g/mol. The number of anilines is 1. The topological polar surface area (TPSA) is 50.8 Å². The highest BCUT2D eigenvalue weighted by atomic mass is 16.5. The van der Waals surface area contributed by atoms with Crippen molar-refractivity contribution in [1.29, 1.82) is 0 Å². The molecule has 1 spiro atoms. The minimum absolute atomic E-state index is 0.0942. The van der Waals surface area contributed by atoms with Crippen LogP contribution in [0.4, 0.5) is 5.69 Å². The summed E-state index contributed by atoms with van der Waals surface area (Å²) in [6.07, 6.45) is 2.12. The SMILES string of the molecule is COC(=O)C1=C2Nc3ccccc3[C@]23CCN2CC[C@H]1C([C@@H](C)OC)[C@@H]23. The molecule has 0 radical (unpaired) electrons. The number of benzene rings is 1. The lowest BCUT2D eigenvalue weighted by Crippen LogP contribution is -2.61. The summed E-state index contributed by atoms with van der Waals surface area (Å²) in [4.78, 5) is 15.5. The number of carbonyl (C=O) groups excluding carboxylic acids is 1. The number of methoxy groups -OCH3 is 2. The van der Waals surface area contributed by atoms with E-state index in [1.807, 2.05) is 0 Å². The number of esters is 1. The van der Waals surface area contributed by atoms with Crippen LogP contribution < -0.4 is 5.32 Å².